The summed E-state index contributed by atoms with van der Waals surface area (Å²) in [7, 11) is -2.02. The Balaban J connectivity index is 2.40. The molecule has 0 aliphatic rings. The van der Waals surface area contributed by atoms with Gasteiger partial charge in [0.15, 0.2) is 0 Å². The minimum Gasteiger partial charge on any atom is -0.399 e. The Morgan fingerprint density at radius 2 is 2.10 bits per heavy atom. The lowest BCUT2D eigenvalue weighted by Gasteiger charge is -2.21. The van der Waals surface area contributed by atoms with Crippen molar-refractivity contribution in [2.24, 2.45) is 5.14 Å². The molecule has 0 amide bonds. The van der Waals surface area contributed by atoms with Crippen LogP contribution in [-0.4, -0.2) is 20.4 Å². The number of nitrogens with zero attached hydrogens (tertiary/aromatic N) is 2. The Morgan fingerprint density at radius 1 is 1.40 bits per heavy atom. The first-order chi connectivity index (χ1) is 9.29. The number of thiazole rings is 1. The van der Waals surface area contributed by atoms with Crippen molar-refractivity contribution in [2.75, 3.05) is 17.7 Å². The first kappa shape index (κ1) is 14.8. The Bertz CT molecular complexity index is 725. The minimum atomic E-state index is -3.82. The fourth-order valence-electron chi connectivity index (χ4n) is 1.85. The average molecular weight is 312 g/mol. The van der Waals surface area contributed by atoms with Gasteiger partial charge in [0.25, 0.3) is 0 Å². The third-order valence-electron chi connectivity index (χ3n) is 2.93. The molecule has 108 valence electrons. The van der Waals surface area contributed by atoms with Crippen molar-refractivity contribution in [3.8, 4) is 0 Å². The van der Waals surface area contributed by atoms with E-state index in [4.69, 9.17) is 10.9 Å². The Hall–Kier alpha value is -1.64. The second-order valence-electron chi connectivity index (χ2n) is 4.49. The lowest BCUT2D eigenvalue weighted by molar-refractivity contribution is 0.597. The topological polar surface area (TPSA) is 102 Å². The molecule has 1 aromatic heterocycles. The van der Waals surface area contributed by atoms with Gasteiger partial charge in [-0.1, -0.05) is 0 Å². The highest BCUT2D eigenvalue weighted by Gasteiger charge is 2.18. The lowest BCUT2D eigenvalue weighted by Crippen LogP contribution is -2.22. The van der Waals surface area contributed by atoms with E-state index in [-0.39, 0.29) is 4.90 Å². The Morgan fingerprint density at radius 3 is 2.65 bits per heavy atom. The quantitative estimate of drug-likeness (QED) is 0.829. The fraction of sp³-hybridized carbons (Fsp3) is 0.250. The second-order valence-corrected chi connectivity index (χ2v) is 6.96. The molecule has 0 atom stereocenters. The predicted molar refractivity (Wildman–Crippen MR) is 81.2 cm³/mol. The highest BCUT2D eigenvalue weighted by atomic mass is 32.2. The van der Waals surface area contributed by atoms with E-state index in [2.05, 4.69) is 4.98 Å². The summed E-state index contributed by atoms with van der Waals surface area (Å²) in [5.74, 6) is 0. The minimum absolute atomic E-state index is 0.0298. The first-order valence-electron chi connectivity index (χ1n) is 5.81. The number of sulfonamides is 1. The lowest BCUT2D eigenvalue weighted by atomic mass is 10.2. The maximum absolute atomic E-state index is 11.7. The van der Waals surface area contributed by atoms with E-state index in [1.807, 2.05) is 11.8 Å². The van der Waals surface area contributed by atoms with Gasteiger partial charge in [-0.25, -0.2) is 18.5 Å². The number of anilines is 2. The zero-order valence-corrected chi connectivity index (χ0v) is 12.8. The molecule has 0 saturated carbocycles. The summed E-state index contributed by atoms with van der Waals surface area (Å²) in [6.45, 7) is 2.48. The molecule has 0 aliphatic heterocycles. The predicted octanol–water partition coefficient (Wildman–Crippen LogP) is 1.32. The molecule has 2 aromatic rings. The first-order valence-corrected chi connectivity index (χ1v) is 8.24. The number of nitrogens with two attached hydrogens (primary N) is 2. The molecule has 0 unspecified atom stereocenters. The molecule has 4 N–H and O–H groups in total. The van der Waals surface area contributed by atoms with Crippen molar-refractivity contribution in [1.29, 1.82) is 0 Å². The largest absolute Gasteiger partial charge is 0.399 e. The van der Waals surface area contributed by atoms with Gasteiger partial charge < -0.3 is 10.6 Å². The molecule has 0 saturated heterocycles. The normalized spacial score (nSPS) is 11.6. The number of aromatic nitrogens is 1. The van der Waals surface area contributed by atoms with E-state index in [9.17, 15) is 8.42 Å². The van der Waals surface area contributed by atoms with Crippen LogP contribution in [0.4, 0.5) is 11.4 Å². The number of hydrogen-bond donors (Lipinski definition) is 2. The number of benzene rings is 1. The van der Waals surface area contributed by atoms with Crippen LogP contribution in [0.25, 0.3) is 0 Å². The van der Waals surface area contributed by atoms with Crippen LogP contribution in [0.5, 0.6) is 0 Å². The van der Waals surface area contributed by atoms with Crippen molar-refractivity contribution < 1.29 is 8.42 Å². The second kappa shape index (κ2) is 5.39. The van der Waals surface area contributed by atoms with Crippen LogP contribution in [0.1, 0.15) is 10.6 Å². The van der Waals surface area contributed by atoms with Gasteiger partial charge in [0, 0.05) is 17.6 Å². The van der Waals surface area contributed by atoms with E-state index in [1.165, 1.54) is 17.4 Å². The zero-order chi connectivity index (χ0) is 14.9. The molecule has 8 heteroatoms. The molecular weight excluding hydrogens is 296 g/mol. The third-order valence-corrected chi connectivity index (χ3v) is 4.79. The Labute approximate surface area is 122 Å². The number of nitrogen functional groups attached to an aromatic ring is 1. The summed E-state index contributed by atoms with van der Waals surface area (Å²) in [4.78, 5) is 7.10. The van der Waals surface area contributed by atoms with Gasteiger partial charge in [0.1, 0.15) is 4.90 Å². The van der Waals surface area contributed by atoms with Gasteiger partial charge in [-0.05, 0) is 25.1 Å². The van der Waals surface area contributed by atoms with Gasteiger partial charge in [-0.2, -0.15) is 0 Å². The summed E-state index contributed by atoms with van der Waals surface area (Å²) in [5, 5.41) is 5.25. The SMILES string of the molecule is Cc1ncsc1CN(C)c1ccc(N)cc1S(N)(=O)=O. The van der Waals surface area contributed by atoms with E-state index in [0.29, 0.717) is 17.9 Å². The molecule has 0 aliphatic carbocycles. The van der Waals surface area contributed by atoms with Crippen LogP contribution in [0.2, 0.25) is 0 Å². The maximum atomic E-state index is 11.7. The van der Waals surface area contributed by atoms with E-state index in [0.717, 1.165) is 10.6 Å². The molecule has 6 nitrogen and oxygen atoms in total. The smallest absolute Gasteiger partial charge is 0.240 e. The summed E-state index contributed by atoms with van der Waals surface area (Å²) >= 11 is 1.53. The maximum Gasteiger partial charge on any atom is 0.240 e. The number of rotatable bonds is 4. The van der Waals surface area contributed by atoms with Gasteiger partial charge >= 0.3 is 0 Å². The molecule has 0 radical (unpaired) electrons. The molecule has 20 heavy (non-hydrogen) atoms. The standard InChI is InChI=1S/C12H16N4O2S2/c1-8-11(19-7-15-8)6-16(2)10-4-3-9(13)5-12(10)20(14,17)18/h3-5,7H,6,13H2,1-2H3,(H2,14,17,18). The number of hydrogen-bond acceptors (Lipinski definition) is 6. The van der Waals surface area contributed by atoms with Crippen molar-refractivity contribution in [3.05, 3.63) is 34.3 Å². The molecule has 2 rings (SSSR count). The van der Waals surface area contributed by atoms with Crippen LogP contribution < -0.4 is 15.8 Å². The molecule has 0 bridgehead atoms. The van der Waals surface area contributed by atoms with E-state index in [1.54, 1.807) is 24.7 Å². The summed E-state index contributed by atoms with van der Waals surface area (Å²) < 4.78 is 23.3. The van der Waals surface area contributed by atoms with Gasteiger partial charge in [-0.3, -0.25) is 0 Å². The van der Waals surface area contributed by atoms with Crippen molar-refractivity contribution >= 4 is 32.7 Å². The number of primary sulfonamides is 1. The van der Waals surface area contributed by atoms with Crippen LogP contribution in [0.15, 0.2) is 28.6 Å². The third kappa shape index (κ3) is 3.09. The highest BCUT2D eigenvalue weighted by Crippen LogP contribution is 2.28. The highest BCUT2D eigenvalue weighted by molar-refractivity contribution is 7.89. The average Bonchev–Trinajstić information content (AvgIpc) is 2.73. The van der Waals surface area contributed by atoms with Gasteiger partial charge in [0.2, 0.25) is 10.0 Å². The monoisotopic (exact) mass is 312 g/mol. The van der Waals surface area contributed by atoms with Crippen molar-refractivity contribution in [1.82, 2.24) is 4.98 Å². The number of aryl methyl sites for hydroxylation is 1. The van der Waals surface area contributed by atoms with E-state index >= 15 is 0 Å². The summed E-state index contributed by atoms with van der Waals surface area (Å²) in [6.07, 6.45) is 0. The van der Waals surface area contributed by atoms with Crippen LogP contribution in [0, 0.1) is 6.92 Å². The molecule has 0 spiro atoms. The van der Waals surface area contributed by atoms with Crippen LogP contribution in [0.3, 0.4) is 0 Å². The molecule has 1 aromatic carbocycles. The van der Waals surface area contributed by atoms with Crippen molar-refractivity contribution in [2.45, 2.75) is 18.4 Å². The molecular formula is C12H16N4O2S2. The van der Waals surface area contributed by atoms with Crippen LogP contribution in [-0.2, 0) is 16.6 Å². The Kier molecular flexibility index (Phi) is 3.98. The fourth-order valence-corrected chi connectivity index (χ4v) is 3.50. The molecule has 1 heterocycles. The molecule has 0 fully saturated rings. The van der Waals surface area contributed by atoms with Gasteiger partial charge in [0.05, 0.1) is 23.4 Å². The zero-order valence-electron chi connectivity index (χ0n) is 11.2. The van der Waals surface area contributed by atoms with Gasteiger partial charge in [-0.15, -0.1) is 11.3 Å². The summed E-state index contributed by atoms with van der Waals surface area (Å²) in [5.41, 5.74) is 9.23. The van der Waals surface area contributed by atoms with E-state index < -0.39 is 10.0 Å². The van der Waals surface area contributed by atoms with Crippen LogP contribution >= 0.6 is 11.3 Å². The summed E-state index contributed by atoms with van der Waals surface area (Å²) in [6, 6.07) is 4.69. The van der Waals surface area contributed by atoms with Crippen molar-refractivity contribution in [3.63, 3.8) is 0 Å².